The molecule has 0 heterocycles. The molecule has 3 heteroatoms. The Bertz CT molecular complexity index is 552. The second-order valence-corrected chi connectivity index (χ2v) is 3.94. The predicted octanol–water partition coefficient (Wildman–Crippen LogP) is 3.39. The molecule has 0 spiro atoms. The molecule has 0 radical (unpaired) electrons. The SMILES string of the molecule is COc1ccc(C)cc1-c1ccc(N)c(F)c1. The molecule has 2 aromatic rings. The zero-order valence-electron chi connectivity index (χ0n) is 9.83. The standard InChI is InChI=1S/C14H14FNO/c1-9-3-6-14(17-2)11(7-9)10-4-5-13(16)12(15)8-10/h3-8H,16H2,1-2H3. The molecule has 0 atom stereocenters. The number of hydrogen-bond acceptors (Lipinski definition) is 2. The lowest BCUT2D eigenvalue weighted by molar-refractivity contribution is 0.416. The first-order valence-electron chi connectivity index (χ1n) is 5.32. The molecule has 17 heavy (non-hydrogen) atoms. The van der Waals surface area contributed by atoms with Gasteiger partial charge >= 0.3 is 0 Å². The van der Waals surface area contributed by atoms with Gasteiger partial charge in [0.2, 0.25) is 0 Å². The Balaban J connectivity index is 2.58. The Kier molecular flexibility index (Phi) is 3.00. The van der Waals surface area contributed by atoms with Gasteiger partial charge in [-0.05, 0) is 36.8 Å². The van der Waals surface area contributed by atoms with Crippen LogP contribution in [-0.4, -0.2) is 7.11 Å². The van der Waals surface area contributed by atoms with Gasteiger partial charge < -0.3 is 10.5 Å². The van der Waals surface area contributed by atoms with Crippen molar-refractivity contribution in [2.24, 2.45) is 0 Å². The monoisotopic (exact) mass is 231 g/mol. The van der Waals surface area contributed by atoms with Crippen molar-refractivity contribution in [3.8, 4) is 16.9 Å². The third-order valence-electron chi connectivity index (χ3n) is 2.67. The molecule has 0 aromatic heterocycles. The molecule has 0 amide bonds. The van der Waals surface area contributed by atoms with Gasteiger partial charge in [0.15, 0.2) is 0 Å². The number of ether oxygens (including phenoxy) is 1. The topological polar surface area (TPSA) is 35.2 Å². The molecule has 2 nitrogen and oxygen atoms in total. The summed E-state index contributed by atoms with van der Waals surface area (Å²) in [5.41, 5.74) is 8.34. The van der Waals surface area contributed by atoms with Crippen LogP contribution < -0.4 is 10.5 Å². The van der Waals surface area contributed by atoms with Crippen LogP contribution in [0.1, 0.15) is 5.56 Å². The summed E-state index contributed by atoms with van der Waals surface area (Å²) in [5.74, 6) is 0.311. The van der Waals surface area contributed by atoms with Crippen LogP contribution in [0.4, 0.5) is 10.1 Å². The largest absolute Gasteiger partial charge is 0.496 e. The van der Waals surface area contributed by atoms with E-state index < -0.39 is 5.82 Å². The quantitative estimate of drug-likeness (QED) is 0.804. The molecule has 0 aliphatic carbocycles. The average Bonchev–Trinajstić information content (AvgIpc) is 2.32. The summed E-state index contributed by atoms with van der Waals surface area (Å²) in [6.07, 6.45) is 0. The molecular formula is C14H14FNO. The zero-order valence-corrected chi connectivity index (χ0v) is 9.83. The second-order valence-electron chi connectivity index (χ2n) is 3.94. The van der Waals surface area contributed by atoms with Gasteiger partial charge in [0, 0.05) is 5.56 Å². The van der Waals surface area contributed by atoms with Crippen LogP contribution in [0.5, 0.6) is 5.75 Å². The lowest BCUT2D eigenvalue weighted by Gasteiger charge is -2.10. The normalized spacial score (nSPS) is 10.3. The highest BCUT2D eigenvalue weighted by Gasteiger charge is 2.08. The third-order valence-corrected chi connectivity index (χ3v) is 2.67. The Morgan fingerprint density at radius 3 is 2.53 bits per heavy atom. The molecule has 0 fully saturated rings. The fraction of sp³-hybridized carbons (Fsp3) is 0.143. The van der Waals surface area contributed by atoms with Crippen molar-refractivity contribution in [1.29, 1.82) is 0 Å². The molecule has 0 aliphatic rings. The van der Waals surface area contributed by atoms with Gasteiger partial charge in [0.1, 0.15) is 11.6 Å². The highest BCUT2D eigenvalue weighted by atomic mass is 19.1. The van der Waals surface area contributed by atoms with Crippen molar-refractivity contribution < 1.29 is 9.13 Å². The Morgan fingerprint density at radius 1 is 1.12 bits per heavy atom. The molecule has 0 saturated heterocycles. The zero-order chi connectivity index (χ0) is 12.4. The van der Waals surface area contributed by atoms with Gasteiger partial charge in [0.25, 0.3) is 0 Å². The van der Waals surface area contributed by atoms with E-state index in [2.05, 4.69) is 0 Å². The number of halogens is 1. The van der Waals surface area contributed by atoms with E-state index >= 15 is 0 Å². The lowest BCUT2D eigenvalue weighted by Crippen LogP contribution is -1.93. The molecule has 2 N–H and O–H groups in total. The minimum absolute atomic E-state index is 0.153. The number of nitrogens with two attached hydrogens (primary N) is 1. The van der Waals surface area contributed by atoms with E-state index in [0.29, 0.717) is 0 Å². The summed E-state index contributed by atoms with van der Waals surface area (Å²) in [6.45, 7) is 1.98. The van der Waals surface area contributed by atoms with Crippen LogP contribution >= 0.6 is 0 Å². The number of benzene rings is 2. The van der Waals surface area contributed by atoms with Crippen molar-refractivity contribution in [2.45, 2.75) is 6.92 Å². The van der Waals surface area contributed by atoms with Crippen LogP contribution in [0, 0.1) is 12.7 Å². The number of hydrogen-bond donors (Lipinski definition) is 1. The summed E-state index contributed by atoms with van der Waals surface area (Å²) in [4.78, 5) is 0. The fourth-order valence-electron chi connectivity index (χ4n) is 1.74. The van der Waals surface area contributed by atoms with Crippen LogP contribution in [0.15, 0.2) is 36.4 Å². The fourth-order valence-corrected chi connectivity index (χ4v) is 1.74. The van der Waals surface area contributed by atoms with Crippen molar-refractivity contribution in [2.75, 3.05) is 12.8 Å². The van der Waals surface area contributed by atoms with Crippen molar-refractivity contribution >= 4 is 5.69 Å². The molecular weight excluding hydrogens is 217 g/mol. The van der Waals surface area contributed by atoms with Gasteiger partial charge in [-0.25, -0.2) is 4.39 Å². The maximum atomic E-state index is 13.4. The summed E-state index contributed by atoms with van der Waals surface area (Å²) in [7, 11) is 1.60. The maximum absolute atomic E-state index is 13.4. The second kappa shape index (κ2) is 4.45. The predicted molar refractivity (Wildman–Crippen MR) is 67.5 cm³/mol. The summed E-state index contributed by atoms with van der Waals surface area (Å²) >= 11 is 0. The number of aryl methyl sites for hydroxylation is 1. The molecule has 2 aromatic carbocycles. The van der Waals surface area contributed by atoms with Crippen molar-refractivity contribution in [3.63, 3.8) is 0 Å². The molecule has 0 bridgehead atoms. The van der Waals surface area contributed by atoms with Crippen LogP contribution in [0.2, 0.25) is 0 Å². The first-order chi connectivity index (χ1) is 8.11. The van der Waals surface area contributed by atoms with E-state index in [1.165, 1.54) is 6.07 Å². The van der Waals surface area contributed by atoms with Crippen LogP contribution in [0.3, 0.4) is 0 Å². The van der Waals surface area contributed by atoms with E-state index in [-0.39, 0.29) is 5.69 Å². The van der Waals surface area contributed by atoms with E-state index in [0.717, 1.165) is 22.4 Å². The number of rotatable bonds is 2. The number of nitrogen functional groups attached to an aromatic ring is 1. The van der Waals surface area contributed by atoms with E-state index in [9.17, 15) is 4.39 Å². The van der Waals surface area contributed by atoms with E-state index in [1.54, 1.807) is 19.2 Å². The summed E-state index contributed by atoms with van der Waals surface area (Å²) in [5, 5.41) is 0. The Morgan fingerprint density at radius 2 is 1.88 bits per heavy atom. The van der Waals surface area contributed by atoms with Crippen LogP contribution in [-0.2, 0) is 0 Å². The number of methoxy groups -OCH3 is 1. The third kappa shape index (κ3) is 2.23. The van der Waals surface area contributed by atoms with E-state index in [4.69, 9.17) is 10.5 Å². The number of anilines is 1. The Hall–Kier alpha value is -2.03. The van der Waals surface area contributed by atoms with Gasteiger partial charge in [-0.3, -0.25) is 0 Å². The van der Waals surface area contributed by atoms with Gasteiger partial charge in [-0.2, -0.15) is 0 Å². The van der Waals surface area contributed by atoms with E-state index in [1.807, 2.05) is 25.1 Å². The van der Waals surface area contributed by atoms with Gasteiger partial charge in [-0.1, -0.05) is 17.7 Å². The molecule has 2 rings (SSSR count). The van der Waals surface area contributed by atoms with Gasteiger partial charge in [0.05, 0.1) is 12.8 Å². The minimum atomic E-state index is -0.411. The molecule has 0 saturated carbocycles. The van der Waals surface area contributed by atoms with Crippen molar-refractivity contribution in [1.82, 2.24) is 0 Å². The summed E-state index contributed by atoms with van der Waals surface area (Å²) < 4.78 is 18.7. The average molecular weight is 231 g/mol. The Labute approximate surface area is 99.8 Å². The molecule has 0 unspecified atom stereocenters. The molecule has 0 aliphatic heterocycles. The van der Waals surface area contributed by atoms with Crippen molar-refractivity contribution in [3.05, 3.63) is 47.8 Å². The first kappa shape index (κ1) is 11.5. The maximum Gasteiger partial charge on any atom is 0.146 e. The van der Waals surface area contributed by atoms with Crippen LogP contribution in [0.25, 0.3) is 11.1 Å². The smallest absolute Gasteiger partial charge is 0.146 e. The minimum Gasteiger partial charge on any atom is -0.496 e. The first-order valence-corrected chi connectivity index (χ1v) is 5.32. The lowest BCUT2D eigenvalue weighted by atomic mass is 10.0. The van der Waals surface area contributed by atoms with Gasteiger partial charge in [-0.15, -0.1) is 0 Å². The summed E-state index contributed by atoms with van der Waals surface area (Å²) in [6, 6.07) is 10.6. The highest BCUT2D eigenvalue weighted by Crippen LogP contribution is 2.32. The molecule has 88 valence electrons. The highest BCUT2D eigenvalue weighted by molar-refractivity contribution is 5.72.